The monoisotopic (exact) mass is 441 g/mol. The molecule has 1 atom stereocenters. The van der Waals surface area contributed by atoms with Gasteiger partial charge in [0.1, 0.15) is 5.76 Å². The van der Waals surface area contributed by atoms with Crippen LogP contribution in [0.25, 0.3) is 0 Å². The molecule has 1 unspecified atom stereocenters. The lowest BCUT2D eigenvalue weighted by molar-refractivity contribution is -0.133. The van der Waals surface area contributed by atoms with E-state index in [1.54, 1.807) is 18.5 Å². The second-order valence-corrected chi connectivity index (χ2v) is 8.84. The SMILES string of the molecule is Cc1noc(C)c1CCC(=O)N1CCC(CN2CC(COc3ncccn3)CC2=O)CC1. The molecule has 172 valence electrons. The van der Waals surface area contributed by atoms with E-state index in [2.05, 4.69) is 15.1 Å². The van der Waals surface area contributed by atoms with Crippen molar-refractivity contribution in [1.82, 2.24) is 24.9 Å². The van der Waals surface area contributed by atoms with Gasteiger partial charge >= 0.3 is 6.01 Å². The Hall–Kier alpha value is -2.97. The number of carbonyl (C=O) groups excluding carboxylic acids is 2. The minimum absolute atomic E-state index is 0.164. The number of aromatic nitrogens is 3. The molecule has 0 radical (unpaired) electrons. The van der Waals surface area contributed by atoms with Gasteiger partial charge in [0.15, 0.2) is 0 Å². The third-order valence-corrected chi connectivity index (χ3v) is 6.50. The topological polar surface area (TPSA) is 102 Å². The van der Waals surface area contributed by atoms with Crippen LogP contribution in [0.2, 0.25) is 0 Å². The normalized spacial score (nSPS) is 19.6. The molecule has 0 aliphatic carbocycles. The van der Waals surface area contributed by atoms with Crippen LogP contribution in [-0.4, -0.2) is 69.5 Å². The van der Waals surface area contributed by atoms with E-state index in [0.717, 1.165) is 49.5 Å². The summed E-state index contributed by atoms with van der Waals surface area (Å²) in [6.45, 7) is 7.23. The Morgan fingerprint density at radius 3 is 2.62 bits per heavy atom. The summed E-state index contributed by atoms with van der Waals surface area (Å²) in [5.74, 6) is 1.76. The predicted octanol–water partition coefficient (Wildman–Crippen LogP) is 2.18. The highest BCUT2D eigenvalue weighted by molar-refractivity contribution is 5.78. The highest BCUT2D eigenvalue weighted by atomic mass is 16.5. The molecular formula is C23H31N5O4. The highest BCUT2D eigenvalue weighted by Crippen LogP contribution is 2.25. The standard InChI is InChI=1S/C23H31N5O4/c1-16-20(17(2)32-26-16)4-5-21(29)27-10-6-18(7-11-27)13-28-14-19(12-22(28)30)15-31-23-24-8-3-9-25-23/h3,8-9,18-19H,4-7,10-15H2,1-2H3. The van der Waals surface area contributed by atoms with Crippen molar-refractivity contribution in [1.29, 1.82) is 0 Å². The van der Waals surface area contributed by atoms with E-state index in [-0.39, 0.29) is 17.7 Å². The van der Waals surface area contributed by atoms with Crippen LogP contribution in [0.1, 0.15) is 42.7 Å². The molecule has 32 heavy (non-hydrogen) atoms. The van der Waals surface area contributed by atoms with Crippen LogP contribution < -0.4 is 4.74 Å². The van der Waals surface area contributed by atoms with Crippen molar-refractivity contribution >= 4 is 11.8 Å². The number of hydrogen-bond donors (Lipinski definition) is 0. The fraction of sp³-hybridized carbons (Fsp3) is 0.609. The van der Waals surface area contributed by atoms with Crippen LogP contribution in [0.3, 0.4) is 0 Å². The first kappa shape index (κ1) is 22.2. The highest BCUT2D eigenvalue weighted by Gasteiger charge is 2.33. The molecule has 0 saturated carbocycles. The van der Waals surface area contributed by atoms with E-state index in [1.165, 1.54) is 0 Å². The number of nitrogens with zero attached hydrogens (tertiary/aromatic N) is 5. The number of carbonyl (C=O) groups is 2. The number of rotatable bonds is 8. The van der Waals surface area contributed by atoms with Crippen LogP contribution >= 0.6 is 0 Å². The predicted molar refractivity (Wildman–Crippen MR) is 116 cm³/mol. The van der Waals surface area contributed by atoms with Crippen molar-refractivity contribution in [2.24, 2.45) is 11.8 Å². The summed E-state index contributed by atoms with van der Waals surface area (Å²) in [4.78, 5) is 37.1. The van der Waals surface area contributed by atoms with Gasteiger partial charge < -0.3 is 19.1 Å². The Bertz CT molecular complexity index is 904. The molecule has 4 heterocycles. The Kier molecular flexibility index (Phi) is 7.02. The van der Waals surface area contributed by atoms with Gasteiger partial charge in [-0.2, -0.15) is 0 Å². The van der Waals surface area contributed by atoms with E-state index in [0.29, 0.717) is 44.3 Å². The fourth-order valence-electron chi connectivity index (χ4n) is 4.62. The Morgan fingerprint density at radius 2 is 1.94 bits per heavy atom. The first-order chi connectivity index (χ1) is 15.5. The van der Waals surface area contributed by atoms with Gasteiger partial charge in [-0.1, -0.05) is 5.16 Å². The lowest BCUT2D eigenvalue weighted by atomic mass is 9.95. The van der Waals surface area contributed by atoms with Crippen molar-refractivity contribution < 1.29 is 18.8 Å². The smallest absolute Gasteiger partial charge is 0.316 e. The molecule has 0 aromatic carbocycles. The van der Waals surface area contributed by atoms with Gasteiger partial charge in [0, 0.05) is 62.9 Å². The molecule has 0 spiro atoms. The summed E-state index contributed by atoms with van der Waals surface area (Å²) in [5, 5.41) is 3.96. The molecule has 2 aromatic rings. The van der Waals surface area contributed by atoms with E-state index in [4.69, 9.17) is 9.26 Å². The summed E-state index contributed by atoms with van der Waals surface area (Å²) in [6.07, 6.45) is 6.79. The zero-order valence-electron chi connectivity index (χ0n) is 18.8. The third kappa shape index (κ3) is 5.44. The van der Waals surface area contributed by atoms with Crippen LogP contribution in [0, 0.1) is 25.7 Å². The molecule has 9 nitrogen and oxygen atoms in total. The number of piperidine rings is 1. The molecular weight excluding hydrogens is 410 g/mol. The summed E-state index contributed by atoms with van der Waals surface area (Å²) in [7, 11) is 0. The minimum Gasteiger partial charge on any atom is -0.463 e. The number of amides is 2. The molecule has 9 heteroatoms. The molecule has 0 N–H and O–H groups in total. The van der Waals surface area contributed by atoms with Gasteiger partial charge in [-0.15, -0.1) is 0 Å². The zero-order valence-corrected chi connectivity index (χ0v) is 18.8. The van der Waals surface area contributed by atoms with E-state index in [1.807, 2.05) is 23.6 Å². The maximum absolute atomic E-state index is 12.6. The van der Waals surface area contributed by atoms with E-state index >= 15 is 0 Å². The van der Waals surface area contributed by atoms with Crippen molar-refractivity contribution in [3.63, 3.8) is 0 Å². The summed E-state index contributed by atoms with van der Waals surface area (Å²) in [5.41, 5.74) is 1.91. The van der Waals surface area contributed by atoms with Gasteiger partial charge in [0.25, 0.3) is 0 Å². The Morgan fingerprint density at radius 1 is 1.19 bits per heavy atom. The zero-order chi connectivity index (χ0) is 22.5. The average molecular weight is 442 g/mol. The van der Waals surface area contributed by atoms with Crippen LogP contribution in [-0.2, 0) is 16.0 Å². The van der Waals surface area contributed by atoms with E-state index < -0.39 is 0 Å². The molecule has 2 amide bonds. The second-order valence-electron chi connectivity index (χ2n) is 8.84. The molecule has 0 bridgehead atoms. The largest absolute Gasteiger partial charge is 0.463 e. The van der Waals surface area contributed by atoms with Crippen molar-refractivity contribution in [2.45, 2.75) is 46.0 Å². The lowest BCUT2D eigenvalue weighted by Crippen LogP contribution is -2.42. The maximum atomic E-state index is 12.6. The Labute approximate surface area is 188 Å². The number of aryl methyl sites for hydroxylation is 2. The number of hydrogen-bond acceptors (Lipinski definition) is 7. The molecule has 4 rings (SSSR count). The first-order valence-electron chi connectivity index (χ1n) is 11.4. The summed E-state index contributed by atoms with van der Waals surface area (Å²) >= 11 is 0. The molecule has 2 aliphatic rings. The van der Waals surface area contributed by atoms with Crippen LogP contribution in [0.15, 0.2) is 23.0 Å². The average Bonchev–Trinajstić information content (AvgIpc) is 3.32. The molecule has 2 saturated heterocycles. The molecule has 2 aromatic heterocycles. The minimum atomic E-state index is 0.164. The molecule has 2 aliphatic heterocycles. The third-order valence-electron chi connectivity index (χ3n) is 6.50. The van der Waals surface area contributed by atoms with Gasteiger partial charge in [0.05, 0.1) is 12.3 Å². The van der Waals surface area contributed by atoms with Crippen molar-refractivity contribution in [3.05, 3.63) is 35.5 Å². The van der Waals surface area contributed by atoms with Gasteiger partial charge in [0.2, 0.25) is 11.8 Å². The Balaban J connectivity index is 1.17. The van der Waals surface area contributed by atoms with Gasteiger partial charge in [-0.05, 0) is 45.1 Å². The van der Waals surface area contributed by atoms with Crippen LogP contribution in [0.5, 0.6) is 6.01 Å². The second kappa shape index (κ2) is 10.1. The number of ether oxygens (including phenoxy) is 1. The quantitative estimate of drug-likeness (QED) is 0.619. The lowest BCUT2D eigenvalue weighted by Gasteiger charge is -2.34. The van der Waals surface area contributed by atoms with Gasteiger partial charge in [-0.25, -0.2) is 9.97 Å². The summed E-state index contributed by atoms with van der Waals surface area (Å²) in [6, 6.07) is 2.09. The van der Waals surface area contributed by atoms with E-state index in [9.17, 15) is 9.59 Å². The number of likely N-dealkylation sites (tertiary alicyclic amines) is 2. The van der Waals surface area contributed by atoms with Crippen molar-refractivity contribution in [3.8, 4) is 6.01 Å². The molecule has 2 fully saturated rings. The fourth-order valence-corrected chi connectivity index (χ4v) is 4.62. The van der Waals surface area contributed by atoms with Crippen molar-refractivity contribution in [2.75, 3.05) is 32.8 Å². The summed E-state index contributed by atoms with van der Waals surface area (Å²) < 4.78 is 10.8. The van der Waals surface area contributed by atoms with Gasteiger partial charge in [-0.3, -0.25) is 9.59 Å². The first-order valence-corrected chi connectivity index (χ1v) is 11.4. The maximum Gasteiger partial charge on any atom is 0.316 e. The van der Waals surface area contributed by atoms with Crippen LogP contribution in [0.4, 0.5) is 0 Å².